The zero-order valence-electron chi connectivity index (χ0n) is 13.4. The van der Waals surface area contributed by atoms with Crippen molar-refractivity contribution in [1.82, 2.24) is 4.57 Å². The molecule has 1 heterocycles. The molecule has 114 valence electrons. The van der Waals surface area contributed by atoms with Crippen LogP contribution in [0.3, 0.4) is 0 Å². The van der Waals surface area contributed by atoms with E-state index < -0.39 is 0 Å². The first-order chi connectivity index (χ1) is 10.2. The second-order valence-corrected chi connectivity index (χ2v) is 7.10. The van der Waals surface area contributed by atoms with Crippen LogP contribution in [-0.4, -0.2) is 11.1 Å². The van der Waals surface area contributed by atoms with E-state index in [4.69, 9.17) is 5.73 Å². The minimum Gasteiger partial charge on any atom is -0.347 e. The Morgan fingerprint density at radius 3 is 2.52 bits per heavy atom. The zero-order chi connectivity index (χ0) is 14.8. The van der Waals surface area contributed by atoms with E-state index >= 15 is 0 Å². The van der Waals surface area contributed by atoms with Crippen molar-refractivity contribution in [2.24, 2.45) is 17.6 Å². The van der Waals surface area contributed by atoms with Crippen LogP contribution in [0.5, 0.6) is 0 Å². The Morgan fingerprint density at radius 1 is 1.14 bits per heavy atom. The quantitative estimate of drug-likeness (QED) is 0.878. The average molecular weight is 284 g/mol. The van der Waals surface area contributed by atoms with Crippen molar-refractivity contribution in [1.29, 1.82) is 0 Å². The molecule has 1 fully saturated rings. The highest BCUT2D eigenvalue weighted by Crippen LogP contribution is 2.39. The van der Waals surface area contributed by atoms with Gasteiger partial charge in [-0.25, -0.2) is 0 Å². The van der Waals surface area contributed by atoms with Crippen molar-refractivity contribution in [3.63, 3.8) is 0 Å². The van der Waals surface area contributed by atoms with Crippen LogP contribution in [0.25, 0.3) is 10.9 Å². The summed E-state index contributed by atoms with van der Waals surface area (Å²) in [5, 5.41) is 1.47. The molecular formula is C19H28N2. The minimum absolute atomic E-state index is 0.682. The Hall–Kier alpha value is -1.28. The SMILES string of the molecule is CC(C)Cn1cc(C2CCC(CN)CC2)c2ccccc21. The molecule has 2 nitrogen and oxygen atoms in total. The second-order valence-electron chi connectivity index (χ2n) is 7.10. The Kier molecular flexibility index (Phi) is 4.34. The summed E-state index contributed by atoms with van der Waals surface area (Å²) in [5.41, 5.74) is 8.81. The molecular weight excluding hydrogens is 256 g/mol. The third-order valence-electron chi connectivity index (χ3n) is 5.00. The topological polar surface area (TPSA) is 30.9 Å². The van der Waals surface area contributed by atoms with E-state index in [0.29, 0.717) is 5.92 Å². The van der Waals surface area contributed by atoms with Gasteiger partial charge in [-0.1, -0.05) is 32.0 Å². The van der Waals surface area contributed by atoms with E-state index in [1.54, 1.807) is 5.56 Å². The van der Waals surface area contributed by atoms with E-state index in [0.717, 1.165) is 24.9 Å². The molecule has 0 aliphatic heterocycles. The first kappa shape index (κ1) is 14.6. The van der Waals surface area contributed by atoms with E-state index in [9.17, 15) is 0 Å². The van der Waals surface area contributed by atoms with Gasteiger partial charge in [-0.15, -0.1) is 0 Å². The number of aromatic nitrogens is 1. The van der Waals surface area contributed by atoms with Gasteiger partial charge in [0.2, 0.25) is 0 Å². The number of para-hydroxylation sites is 1. The molecule has 1 aromatic carbocycles. The third kappa shape index (κ3) is 3.01. The summed E-state index contributed by atoms with van der Waals surface area (Å²) < 4.78 is 2.46. The Bertz CT molecular complexity index is 589. The normalized spacial score (nSPS) is 23.0. The van der Waals surface area contributed by atoms with Crippen LogP contribution in [0.4, 0.5) is 0 Å². The van der Waals surface area contributed by atoms with Gasteiger partial charge < -0.3 is 10.3 Å². The number of rotatable bonds is 4. The lowest BCUT2D eigenvalue weighted by Crippen LogP contribution is -2.20. The zero-order valence-corrected chi connectivity index (χ0v) is 13.4. The summed E-state index contributed by atoms with van der Waals surface area (Å²) in [6.45, 7) is 6.56. The highest BCUT2D eigenvalue weighted by molar-refractivity contribution is 5.84. The van der Waals surface area contributed by atoms with Gasteiger partial charge in [-0.05, 0) is 61.6 Å². The fraction of sp³-hybridized carbons (Fsp3) is 0.579. The van der Waals surface area contributed by atoms with Crippen molar-refractivity contribution in [2.75, 3.05) is 6.54 Å². The molecule has 1 aliphatic rings. The summed E-state index contributed by atoms with van der Waals surface area (Å²) in [6, 6.07) is 8.91. The van der Waals surface area contributed by atoms with E-state index in [1.165, 1.54) is 36.6 Å². The molecule has 0 unspecified atom stereocenters. The Labute approximate surface area is 128 Å². The lowest BCUT2D eigenvalue weighted by Gasteiger charge is -2.27. The molecule has 1 aliphatic carbocycles. The standard InChI is InChI=1S/C19H28N2/c1-14(2)12-21-13-18(17-5-3-4-6-19(17)21)16-9-7-15(11-20)8-10-16/h3-6,13-16H,7-12,20H2,1-2H3. The minimum atomic E-state index is 0.682. The molecule has 0 radical (unpaired) electrons. The molecule has 21 heavy (non-hydrogen) atoms. The molecule has 1 aromatic heterocycles. The maximum absolute atomic E-state index is 5.83. The number of hydrogen-bond donors (Lipinski definition) is 1. The van der Waals surface area contributed by atoms with Gasteiger partial charge in [-0.3, -0.25) is 0 Å². The van der Waals surface area contributed by atoms with Gasteiger partial charge in [0.1, 0.15) is 0 Å². The third-order valence-corrected chi connectivity index (χ3v) is 5.00. The molecule has 1 saturated carbocycles. The molecule has 3 rings (SSSR count). The van der Waals surface area contributed by atoms with Crippen LogP contribution in [0.1, 0.15) is 51.0 Å². The highest BCUT2D eigenvalue weighted by Gasteiger charge is 2.24. The maximum atomic E-state index is 5.83. The van der Waals surface area contributed by atoms with Crippen molar-refractivity contribution in [3.05, 3.63) is 36.0 Å². The Balaban J connectivity index is 1.91. The van der Waals surface area contributed by atoms with Gasteiger partial charge in [-0.2, -0.15) is 0 Å². The van der Waals surface area contributed by atoms with Gasteiger partial charge >= 0.3 is 0 Å². The Morgan fingerprint density at radius 2 is 1.86 bits per heavy atom. The molecule has 2 N–H and O–H groups in total. The second kappa shape index (κ2) is 6.23. The fourth-order valence-corrected chi connectivity index (χ4v) is 3.85. The fourth-order valence-electron chi connectivity index (χ4n) is 3.85. The van der Waals surface area contributed by atoms with Gasteiger partial charge in [0.15, 0.2) is 0 Å². The first-order valence-corrected chi connectivity index (χ1v) is 8.47. The smallest absolute Gasteiger partial charge is 0.0483 e. The van der Waals surface area contributed by atoms with E-state index in [2.05, 4.69) is 48.9 Å². The lowest BCUT2D eigenvalue weighted by molar-refractivity contribution is 0.333. The van der Waals surface area contributed by atoms with Crippen LogP contribution >= 0.6 is 0 Å². The highest BCUT2D eigenvalue weighted by atomic mass is 15.0. The number of benzene rings is 1. The molecule has 0 amide bonds. The van der Waals surface area contributed by atoms with Gasteiger partial charge in [0.25, 0.3) is 0 Å². The molecule has 0 atom stereocenters. The van der Waals surface area contributed by atoms with Crippen molar-refractivity contribution >= 4 is 10.9 Å². The van der Waals surface area contributed by atoms with Gasteiger partial charge in [0, 0.05) is 23.6 Å². The van der Waals surface area contributed by atoms with Crippen molar-refractivity contribution in [3.8, 4) is 0 Å². The molecule has 2 aromatic rings. The van der Waals surface area contributed by atoms with Crippen LogP contribution in [0, 0.1) is 11.8 Å². The summed E-state index contributed by atoms with van der Waals surface area (Å²) in [7, 11) is 0. The van der Waals surface area contributed by atoms with Crippen molar-refractivity contribution in [2.45, 2.75) is 52.0 Å². The summed E-state index contributed by atoms with van der Waals surface area (Å²) in [4.78, 5) is 0. The average Bonchev–Trinajstić information content (AvgIpc) is 2.86. The molecule has 2 heteroatoms. The van der Waals surface area contributed by atoms with Gasteiger partial charge in [0.05, 0.1) is 0 Å². The number of nitrogens with two attached hydrogens (primary N) is 1. The number of nitrogens with zero attached hydrogens (tertiary/aromatic N) is 1. The predicted octanol–water partition coefficient (Wildman–Crippen LogP) is 4.53. The molecule has 0 bridgehead atoms. The number of hydrogen-bond acceptors (Lipinski definition) is 1. The summed E-state index contributed by atoms with van der Waals surface area (Å²) in [6.07, 6.45) is 7.63. The van der Waals surface area contributed by atoms with Crippen LogP contribution in [-0.2, 0) is 6.54 Å². The molecule has 0 spiro atoms. The predicted molar refractivity (Wildman–Crippen MR) is 90.5 cm³/mol. The summed E-state index contributed by atoms with van der Waals surface area (Å²) in [5.74, 6) is 2.16. The van der Waals surface area contributed by atoms with Crippen LogP contribution in [0.15, 0.2) is 30.5 Å². The lowest BCUT2D eigenvalue weighted by atomic mass is 9.79. The van der Waals surface area contributed by atoms with Crippen LogP contribution in [0.2, 0.25) is 0 Å². The summed E-state index contributed by atoms with van der Waals surface area (Å²) >= 11 is 0. The van der Waals surface area contributed by atoms with Crippen LogP contribution < -0.4 is 5.73 Å². The number of fused-ring (bicyclic) bond motifs is 1. The van der Waals surface area contributed by atoms with E-state index in [-0.39, 0.29) is 0 Å². The maximum Gasteiger partial charge on any atom is 0.0483 e. The largest absolute Gasteiger partial charge is 0.347 e. The molecule has 0 saturated heterocycles. The van der Waals surface area contributed by atoms with Crippen molar-refractivity contribution < 1.29 is 0 Å². The first-order valence-electron chi connectivity index (χ1n) is 8.47. The monoisotopic (exact) mass is 284 g/mol. The van der Waals surface area contributed by atoms with E-state index in [1.807, 2.05) is 0 Å².